The Bertz CT molecular complexity index is 763. The molecule has 0 spiro atoms. The predicted octanol–water partition coefficient (Wildman–Crippen LogP) is 3.30. The van der Waals surface area contributed by atoms with Gasteiger partial charge in [0.1, 0.15) is 5.75 Å². The zero-order valence-electron chi connectivity index (χ0n) is 13.0. The van der Waals surface area contributed by atoms with Gasteiger partial charge in [-0.25, -0.2) is 0 Å². The van der Waals surface area contributed by atoms with E-state index in [2.05, 4.69) is 0 Å². The number of nitrogens with zero attached hydrogens (tertiary/aromatic N) is 1. The van der Waals surface area contributed by atoms with E-state index in [1.165, 1.54) is 13.0 Å². The van der Waals surface area contributed by atoms with Crippen molar-refractivity contribution in [3.8, 4) is 5.75 Å². The van der Waals surface area contributed by atoms with Crippen molar-refractivity contribution in [2.75, 3.05) is 12.0 Å². The van der Waals surface area contributed by atoms with E-state index in [-0.39, 0.29) is 17.7 Å². The van der Waals surface area contributed by atoms with Crippen LogP contribution in [0.4, 0.5) is 5.69 Å². The Morgan fingerprint density at radius 1 is 1.09 bits per heavy atom. The van der Waals surface area contributed by atoms with Crippen LogP contribution in [-0.2, 0) is 9.59 Å². The van der Waals surface area contributed by atoms with Gasteiger partial charge >= 0.3 is 0 Å². The molecule has 3 rings (SSSR count). The number of benzene rings is 2. The van der Waals surface area contributed by atoms with Gasteiger partial charge in [-0.15, -0.1) is 0 Å². The van der Waals surface area contributed by atoms with Crippen LogP contribution >= 0.6 is 0 Å². The summed E-state index contributed by atoms with van der Waals surface area (Å²) < 4.78 is 5.15. The first-order valence-electron chi connectivity index (χ1n) is 7.36. The molecule has 23 heavy (non-hydrogen) atoms. The standard InChI is InChI=1S/C19H17NO3/c1-13(21)12-17-18(14-6-4-3-5-7-14)20(19(17)22)15-8-10-16(23-2)11-9-15/h3-12,18H,1-2H3. The van der Waals surface area contributed by atoms with Crippen LogP contribution < -0.4 is 9.64 Å². The van der Waals surface area contributed by atoms with E-state index < -0.39 is 0 Å². The molecule has 0 aromatic heterocycles. The number of amides is 1. The molecule has 1 saturated heterocycles. The van der Waals surface area contributed by atoms with Gasteiger partial charge in [-0.05, 0) is 42.8 Å². The molecule has 1 amide bonds. The molecule has 0 bridgehead atoms. The lowest BCUT2D eigenvalue weighted by molar-refractivity contribution is -0.120. The molecule has 1 atom stereocenters. The van der Waals surface area contributed by atoms with E-state index in [4.69, 9.17) is 4.74 Å². The normalized spacial score (nSPS) is 18.7. The van der Waals surface area contributed by atoms with Crippen molar-refractivity contribution in [1.82, 2.24) is 0 Å². The van der Waals surface area contributed by atoms with Crippen LogP contribution in [0.5, 0.6) is 5.75 Å². The minimum Gasteiger partial charge on any atom is -0.497 e. The molecule has 0 aliphatic carbocycles. The van der Waals surface area contributed by atoms with Crippen molar-refractivity contribution >= 4 is 17.4 Å². The van der Waals surface area contributed by atoms with Crippen molar-refractivity contribution in [3.63, 3.8) is 0 Å². The number of β-lactam (4-membered cyclic amide) rings is 1. The minimum absolute atomic E-state index is 0.122. The number of carbonyl (C=O) groups excluding carboxylic acids is 2. The van der Waals surface area contributed by atoms with Gasteiger partial charge < -0.3 is 4.74 Å². The lowest BCUT2D eigenvalue weighted by atomic mass is 9.86. The summed E-state index contributed by atoms with van der Waals surface area (Å²) in [6.45, 7) is 1.46. The van der Waals surface area contributed by atoms with Gasteiger partial charge in [0.2, 0.25) is 0 Å². The predicted molar refractivity (Wildman–Crippen MR) is 88.4 cm³/mol. The quantitative estimate of drug-likeness (QED) is 0.643. The van der Waals surface area contributed by atoms with E-state index in [9.17, 15) is 9.59 Å². The van der Waals surface area contributed by atoms with Gasteiger partial charge in [-0.2, -0.15) is 0 Å². The summed E-state index contributed by atoms with van der Waals surface area (Å²) in [7, 11) is 1.60. The molecular weight excluding hydrogens is 290 g/mol. The number of methoxy groups -OCH3 is 1. The van der Waals surface area contributed by atoms with E-state index in [1.807, 2.05) is 54.6 Å². The molecule has 2 aromatic carbocycles. The average molecular weight is 307 g/mol. The number of ketones is 1. The Balaban J connectivity index is 2.01. The average Bonchev–Trinajstić information content (AvgIpc) is 2.58. The first-order valence-corrected chi connectivity index (χ1v) is 7.36. The van der Waals surface area contributed by atoms with Crippen LogP contribution in [0.25, 0.3) is 0 Å². The number of anilines is 1. The zero-order valence-corrected chi connectivity index (χ0v) is 13.0. The van der Waals surface area contributed by atoms with E-state index in [0.29, 0.717) is 5.57 Å². The topological polar surface area (TPSA) is 46.6 Å². The molecule has 4 heteroatoms. The van der Waals surface area contributed by atoms with Crippen molar-refractivity contribution in [2.45, 2.75) is 13.0 Å². The second-order valence-corrected chi connectivity index (χ2v) is 5.40. The lowest BCUT2D eigenvalue weighted by Crippen LogP contribution is -2.49. The van der Waals surface area contributed by atoms with Crippen LogP contribution in [0.2, 0.25) is 0 Å². The monoisotopic (exact) mass is 307 g/mol. The maximum Gasteiger partial charge on any atom is 0.257 e. The Kier molecular flexibility index (Phi) is 3.98. The smallest absolute Gasteiger partial charge is 0.257 e. The van der Waals surface area contributed by atoms with Gasteiger partial charge in [0, 0.05) is 11.3 Å². The highest BCUT2D eigenvalue weighted by molar-refractivity contribution is 6.17. The Morgan fingerprint density at radius 2 is 1.74 bits per heavy atom. The first-order chi connectivity index (χ1) is 11.1. The third-order valence-electron chi connectivity index (χ3n) is 3.84. The van der Waals surface area contributed by atoms with Crippen LogP contribution in [0, 0.1) is 0 Å². The molecule has 116 valence electrons. The molecule has 1 unspecified atom stereocenters. The second kappa shape index (κ2) is 6.08. The van der Waals surface area contributed by atoms with E-state index >= 15 is 0 Å². The highest BCUT2D eigenvalue weighted by atomic mass is 16.5. The molecule has 0 N–H and O–H groups in total. The fourth-order valence-corrected chi connectivity index (χ4v) is 2.78. The molecule has 1 aliphatic heterocycles. The third kappa shape index (κ3) is 2.75. The van der Waals surface area contributed by atoms with E-state index in [1.54, 1.807) is 12.0 Å². The Hall–Kier alpha value is -2.88. The number of ether oxygens (including phenoxy) is 1. The SMILES string of the molecule is COc1ccc(N2C(=O)C(=CC(C)=O)C2c2ccccc2)cc1. The summed E-state index contributed by atoms with van der Waals surface area (Å²) >= 11 is 0. The maximum absolute atomic E-state index is 12.5. The third-order valence-corrected chi connectivity index (χ3v) is 3.84. The van der Waals surface area contributed by atoms with Crippen LogP contribution in [0.3, 0.4) is 0 Å². The van der Waals surface area contributed by atoms with Crippen molar-refractivity contribution in [1.29, 1.82) is 0 Å². The highest BCUT2D eigenvalue weighted by Gasteiger charge is 2.43. The molecule has 1 fully saturated rings. The molecule has 1 heterocycles. The highest BCUT2D eigenvalue weighted by Crippen LogP contribution is 2.43. The van der Waals surface area contributed by atoms with Gasteiger partial charge in [0.05, 0.1) is 13.2 Å². The number of hydrogen-bond donors (Lipinski definition) is 0. The van der Waals surface area contributed by atoms with Gasteiger partial charge in [0.25, 0.3) is 5.91 Å². The molecule has 4 nitrogen and oxygen atoms in total. The zero-order chi connectivity index (χ0) is 16.4. The number of carbonyl (C=O) groups is 2. The molecule has 1 aliphatic rings. The van der Waals surface area contributed by atoms with Crippen molar-refractivity contribution < 1.29 is 14.3 Å². The Morgan fingerprint density at radius 3 is 2.30 bits per heavy atom. The molecule has 0 saturated carbocycles. The van der Waals surface area contributed by atoms with Crippen LogP contribution in [0.1, 0.15) is 18.5 Å². The fraction of sp³-hybridized carbons (Fsp3) is 0.158. The summed E-state index contributed by atoms with van der Waals surface area (Å²) in [5.74, 6) is 0.473. The fourth-order valence-electron chi connectivity index (χ4n) is 2.78. The first kappa shape index (κ1) is 15.0. The van der Waals surface area contributed by atoms with Gasteiger partial charge in [-0.1, -0.05) is 30.3 Å². The number of allylic oxidation sites excluding steroid dienone is 1. The minimum atomic E-state index is -0.235. The second-order valence-electron chi connectivity index (χ2n) is 5.40. The largest absolute Gasteiger partial charge is 0.497 e. The van der Waals surface area contributed by atoms with Crippen LogP contribution in [0.15, 0.2) is 66.2 Å². The van der Waals surface area contributed by atoms with Crippen molar-refractivity contribution in [2.24, 2.45) is 0 Å². The summed E-state index contributed by atoms with van der Waals surface area (Å²) in [6.07, 6.45) is 1.43. The number of hydrogen-bond acceptors (Lipinski definition) is 3. The van der Waals surface area contributed by atoms with Crippen molar-refractivity contribution in [3.05, 3.63) is 71.8 Å². The summed E-state index contributed by atoms with van der Waals surface area (Å²) in [5.41, 5.74) is 2.29. The van der Waals surface area contributed by atoms with Crippen LogP contribution in [-0.4, -0.2) is 18.8 Å². The maximum atomic E-state index is 12.5. The summed E-state index contributed by atoms with van der Waals surface area (Å²) in [5, 5.41) is 0. The van der Waals surface area contributed by atoms with Gasteiger partial charge in [0.15, 0.2) is 5.78 Å². The molecule has 2 aromatic rings. The lowest BCUT2D eigenvalue weighted by Gasteiger charge is -2.43. The molecule has 0 radical (unpaired) electrons. The van der Waals surface area contributed by atoms with Gasteiger partial charge in [-0.3, -0.25) is 14.5 Å². The Labute approximate surface area is 135 Å². The number of rotatable bonds is 4. The van der Waals surface area contributed by atoms with E-state index in [0.717, 1.165) is 17.0 Å². The summed E-state index contributed by atoms with van der Waals surface area (Å²) in [6, 6.07) is 16.8. The molecular formula is C19H17NO3. The summed E-state index contributed by atoms with van der Waals surface area (Å²) in [4.78, 5) is 25.6.